The largest absolute Gasteiger partial charge is 0.484 e. The van der Waals surface area contributed by atoms with Gasteiger partial charge in [-0.15, -0.1) is 0 Å². The van der Waals surface area contributed by atoms with Crippen molar-refractivity contribution in [2.45, 2.75) is 12.5 Å². The fourth-order valence-corrected chi connectivity index (χ4v) is 2.18. The highest BCUT2D eigenvalue weighted by Crippen LogP contribution is 2.20. The zero-order valence-corrected chi connectivity index (χ0v) is 15.1. The number of aliphatic hydroxyl groups excluding tert-OH is 1. The van der Waals surface area contributed by atoms with Crippen LogP contribution < -0.4 is 15.4 Å². The third-order valence-corrected chi connectivity index (χ3v) is 3.81. The minimum absolute atomic E-state index is 0.0307. The van der Waals surface area contributed by atoms with Crippen LogP contribution in [-0.4, -0.2) is 47.7 Å². The van der Waals surface area contributed by atoms with E-state index in [1.165, 1.54) is 24.5 Å². The lowest BCUT2D eigenvalue weighted by Gasteiger charge is -2.13. The molecule has 27 heavy (non-hydrogen) atoms. The monoisotopic (exact) mass is 395 g/mol. The van der Waals surface area contributed by atoms with E-state index in [-0.39, 0.29) is 42.8 Å². The maximum atomic E-state index is 13.3. The molecule has 2 rings (SSSR count). The molecule has 144 valence electrons. The highest BCUT2D eigenvalue weighted by atomic mass is 35.5. The van der Waals surface area contributed by atoms with Crippen LogP contribution in [0.3, 0.4) is 0 Å². The number of nitrogens with zero attached hydrogens (tertiary/aromatic N) is 1. The minimum Gasteiger partial charge on any atom is -0.484 e. The van der Waals surface area contributed by atoms with Gasteiger partial charge in [0.1, 0.15) is 11.6 Å². The second-order valence-electron chi connectivity index (χ2n) is 5.60. The molecule has 0 bridgehead atoms. The second-order valence-corrected chi connectivity index (χ2v) is 6.01. The fraction of sp³-hybridized carbons (Fsp3) is 0.278. The molecule has 0 fully saturated rings. The summed E-state index contributed by atoms with van der Waals surface area (Å²) in [6.07, 6.45) is 2.43. The predicted molar refractivity (Wildman–Crippen MR) is 97.1 cm³/mol. The van der Waals surface area contributed by atoms with Crippen molar-refractivity contribution in [2.75, 3.05) is 19.7 Å². The molecule has 0 aliphatic rings. The van der Waals surface area contributed by atoms with Crippen LogP contribution in [0, 0.1) is 5.82 Å². The van der Waals surface area contributed by atoms with Crippen LogP contribution in [0.4, 0.5) is 4.39 Å². The number of nitrogens with one attached hydrogen (secondary N) is 2. The zero-order chi connectivity index (χ0) is 19.6. The van der Waals surface area contributed by atoms with E-state index in [0.29, 0.717) is 5.56 Å². The van der Waals surface area contributed by atoms with E-state index in [1.54, 1.807) is 12.1 Å². The SMILES string of the molecule is O=C(COc1ccc(Cl)c(F)c1)NCCC(O)CNC(=O)c1ccncc1. The Hall–Kier alpha value is -2.71. The van der Waals surface area contributed by atoms with Gasteiger partial charge in [0.25, 0.3) is 11.8 Å². The average Bonchev–Trinajstić information content (AvgIpc) is 2.67. The lowest BCUT2D eigenvalue weighted by atomic mass is 10.2. The normalized spacial score (nSPS) is 11.5. The van der Waals surface area contributed by atoms with E-state index in [2.05, 4.69) is 15.6 Å². The maximum Gasteiger partial charge on any atom is 0.257 e. The highest BCUT2D eigenvalue weighted by Gasteiger charge is 2.10. The number of amides is 2. The Morgan fingerprint density at radius 2 is 1.96 bits per heavy atom. The Morgan fingerprint density at radius 1 is 1.22 bits per heavy atom. The second kappa shape index (κ2) is 10.4. The van der Waals surface area contributed by atoms with Crippen molar-refractivity contribution < 1.29 is 23.8 Å². The summed E-state index contributed by atoms with van der Waals surface area (Å²) in [6.45, 7) is -0.0447. The van der Waals surface area contributed by atoms with Crippen LogP contribution in [0.5, 0.6) is 5.75 Å². The van der Waals surface area contributed by atoms with E-state index in [4.69, 9.17) is 16.3 Å². The van der Waals surface area contributed by atoms with E-state index >= 15 is 0 Å². The summed E-state index contributed by atoms with van der Waals surface area (Å²) >= 11 is 5.56. The van der Waals surface area contributed by atoms with Gasteiger partial charge in [-0.2, -0.15) is 0 Å². The number of aliphatic hydroxyl groups is 1. The van der Waals surface area contributed by atoms with E-state index < -0.39 is 17.8 Å². The van der Waals surface area contributed by atoms with Gasteiger partial charge in [0.2, 0.25) is 0 Å². The van der Waals surface area contributed by atoms with E-state index in [1.807, 2.05) is 0 Å². The Morgan fingerprint density at radius 3 is 2.67 bits per heavy atom. The number of ether oxygens (including phenoxy) is 1. The molecule has 0 saturated heterocycles. The number of hydrogen-bond donors (Lipinski definition) is 3. The smallest absolute Gasteiger partial charge is 0.257 e. The van der Waals surface area contributed by atoms with Gasteiger partial charge < -0.3 is 20.5 Å². The first-order chi connectivity index (χ1) is 13.0. The molecule has 1 heterocycles. The van der Waals surface area contributed by atoms with E-state index in [0.717, 1.165) is 6.07 Å². The van der Waals surface area contributed by atoms with E-state index in [9.17, 15) is 19.1 Å². The summed E-state index contributed by atoms with van der Waals surface area (Å²) < 4.78 is 18.4. The number of halogens is 2. The quantitative estimate of drug-likeness (QED) is 0.598. The lowest BCUT2D eigenvalue weighted by molar-refractivity contribution is -0.123. The van der Waals surface area contributed by atoms with Crippen molar-refractivity contribution in [3.8, 4) is 5.75 Å². The predicted octanol–water partition coefficient (Wildman–Crippen LogP) is 1.55. The van der Waals surface area contributed by atoms with Gasteiger partial charge in [0.05, 0.1) is 11.1 Å². The van der Waals surface area contributed by atoms with Gasteiger partial charge in [-0.25, -0.2) is 4.39 Å². The van der Waals surface area contributed by atoms with Gasteiger partial charge in [0.15, 0.2) is 6.61 Å². The Kier molecular flexibility index (Phi) is 7.97. The van der Waals surface area contributed by atoms with Crippen LogP contribution in [0.1, 0.15) is 16.8 Å². The number of carbonyl (C=O) groups is 2. The number of aromatic nitrogens is 1. The van der Waals surface area contributed by atoms with Crippen LogP contribution in [0.2, 0.25) is 5.02 Å². The maximum absolute atomic E-state index is 13.3. The molecular formula is C18H19ClFN3O4. The molecule has 1 unspecified atom stereocenters. The van der Waals surface area contributed by atoms with Crippen LogP contribution in [0.25, 0.3) is 0 Å². The minimum atomic E-state index is -0.817. The summed E-state index contributed by atoms with van der Waals surface area (Å²) in [4.78, 5) is 27.3. The average molecular weight is 396 g/mol. The molecule has 1 atom stereocenters. The Balaban J connectivity index is 1.61. The summed E-state index contributed by atoms with van der Waals surface area (Å²) in [5, 5.41) is 15.0. The first-order valence-electron chi connectivity index (χ1n) is 8.16. The van der Waals surface area contributed by atoms with Gasteiger partial charge in [-0.05, 0) is 30.7 Å². The standard InChI is InChI=1S/C18H19ClFN3O4/c19-15-2-1-14(9-16(15)20)27-11-17(25)22-8-5-13(24)10-23-18(26)12-3-6-21-7-4-12/h1-4,6-7,9,13,24H,5,8,10-11H2,(H,22,25)(H,23,26). The number of benzene rings is 1. The van der Waals surface area contributed by atoms with Crippen LogP contribution >= 0.6 is 11.6 Å². The van der Waals surface area contributed by atoms with Gasteiger partial charge >= 0.3 is 0 Å². The van der Waals surface area contributed by atoms with Gasteiger partial charge in [-0.3, -0.25) is 14.6 Å². The molecular weight excluding hydrogens is 377 g/mol. The molecule has 0 saturated carbocycles. The topological polar surface area (TPSA) is 101 Å². The molecule has 7 nitrogen and oxygen atoms in total. The molecule has 0 aliphatic carbocycles. The highest BCUT2D eigenvalue weighted by molar-refractivity contribution is 6.30. The summed E-state index contributed by atoms with van der Waals surface area (Å²) in [6, 6.07) is 7.00. The molecule has 2 aromatic rings. The first kappa shape index (κ1) is 20.6. The lowest BCUT2D eigenvalue weighted by Crippen LogP contribution is -2.36. The third kappa shape index (κ3) is 7.20. The van der Waals surface area contributed by atoms with Crippen molar-refractivity contribution in [1.82, 2.24) is 15.6 Å². The summed E-state index contributed by atoms with van der Waals surface area (Å²) in [7, 11) is 0. The van der Waals surface area contributed by atoms with Gasteiger partial charge in [0, 0.05) is 37.1 Å². The van der Waals surface area contributed by atoms with Crippen molar-refractivity contribution in [2.24, 2.45) is 0 Å². The molecule has 0 radical (unpaired) electrons. The number of rotatable bonds is 9. The first-order valence-corrected chi connectivity index (χ1v) is 8.54. The number of hydrogen-bond acceptors (Lipinski definition) is 5. The Bertz CT molecular complexity index is 776. The summed E-state index contributed by atoms with van der Waals surface area (Å²) in [5.41, 5.74) is 0.446. The van der Waals surface area contributed by atoms with Crippen molar-refractivity contribution in [3.05, 3.63) is 59.1 Å². The van der Waals surface area contributed by atoms with Gasteiger partial charge in [-0.1, -0.05) is 11.6 Å². The van der Waals surface area contributed by atoms with Crippen molar-refractivity contribution >= 4 is 23.4 Å². The number of carbonyl (C=O) groups excluding carboxylic acids is 2. The molecule has 9 heteroatoms. The molecule has 2 amide bonds. The third-order valence-electron chi connectivity index (χ3n) is 3.50. The Labute approximate surface area is 160 Å². The molecule has 3 N–H and O–H groups in total. The summed E-state index contributed by atoms with van der Waals surface area (Å²) in [5.74, 6) is -1.18. The van der Waals surface area contributed by atoms with Crippen molar-refractivity contribution in [1.29, 1.82) is 0 Å². The number of pyridine rings is 1. The molecule has 0 spiro atoms. The molecule has 1 aromatic carbocycles. The van der Waals surface area contributed by atoms with Crippen molar-refractivity contribution in [3.63, 3.8) is 0 Å². The van der Waals surface area contributed by atoms with Crippen LogP contribution in [0.15, 0.2) is 42.7 Å². The fourth-order valence-electron chi connectivity index (χ4n) is 2.06. The molecule has 1 aromatic heterocycles. The zero-order valence-electron chi connectivity index (χ0n) is 14.3. The van der Waals surface area contributed by atoms with Crippen LogP contribution in [-0.2, 0) is 4.79 Å². The molecule has 0 aliphatic heterocycles.